The van der Waals surface area contributed by atoms with Crippen LogP contribution >= 0.6 is 0 Å². The molecule has 0 aromatic carbocycles. The Kier molecular flexibility index (Phi) is 4.18. The van der Waals surface area contributed by atoms with E-state index in [9.17, 15) is 0 Å². The summed E-state index contributed by atoms with van der Waals surface area (Å²) in [4.78, 5) is 8.14. The molecule has 0 bridgehead atoms. The van der Waals surface area contributed by atoms with Gasteiger partial charge in [-0.2, -0.15) is 0 Å². The van der Waals surface area contributed by atoms with Crippen LogP contribution in [-0.2, 0) is 6.42 Å². The van der Waals surface area contributed by atoms with Gasteiger partial charge in [0.05, 0.1) is 0 Å². The lowest BCUT2D eigenvalue weighted by atomic mass is 10.3. The van der Waals surface area contributed by atoms with Crippen molar-refractivity contribution in [3.8, 4) is 0 Å². The lowest BCUT2D eigenvalue weighted by Gasteiger charge is -2.04. The molecular formula is C9H15N3O. The summed E-state index contributed by atoms with van der Waals surface area (Å²) < 4.78 is 0. The van der Waals surface area contributed by atoms with E-state index in [1.165, 1.54) is 0 Å². The van der Waals surface area contributed by atoms with E-state index in [-0.39, 0.29) is 6.61 Å². The summed E-state index contributed by atoms with van der Waals surface area (Å²) in [7, 11) is 0. The highest BCUT2D eigenvalue weighted by atomic mass is 16.3. The minimum absolute atomic E-state index is 0.207. The van der Waals surface area contributed by atoms with Gasteiger partial charge in [0.25, 0.3) is 0 Å². The molecule has 4 heteroatoms. The number of nitrogens with zero attached hydrogens (tertiary/aromatic N) is 2. The van der Waals surface area contributed by atoms with Gasteiger partial charge in [-0.05, 0) is 12.8 Å². The number of anilines is 1. The van der Waals surface area contributed by atoms with Crippen molar-refractivity contribution < 1.29 is 5.11 Å². The van der Waals surface area contributed by atoms with Crippen molar-refractivity contribution in [3.05, 3.63) is 18.1 Å². The summed E-state index contributed by atoms with van der Waals surface area (Å²) in [6.45, 7) is 3.01. The van der Waals surface area contributed by atoms with E-state index in [0.29, 0.717) is 0 Å². The molecular weight excluding hydrogens is 166 g/mol. The lowest BCUT2D eigenvalue weighted by Crippen LogP contribution is -2.05. The van der Waals surface area contributed by atoms with E-state index in [1.54, 1.807) is 6.33 Å². The number of hydrogen-bond donors (Lipinski definition) is 2. The van der Waals surface area contributed by atoms with E-state index < -0.39 is 0 Å². The minimum Gasteiger partial charge on any atom is -0.396 e. The largest absolute Gasteiger partial charge is 0.396 e. The second-order valence-corrected chi connectivity index (χ2v) is 2.75. The smallest absolute Gasteiger partial charge is 0.129 e. The molecule has 1 aromatic rings. The molecule has 1 heterocycles. The number of aryl methyl sites for hydroxylation is 1. The second-order valence-electron chi connectivity index (χ2n) is 2.75. The third kappa shape index (κ3) is 3.38. The van der Waals surface area contributed by atoms with Crippen molar-refractivity contribution >= 4 is 5.82 Å². The number of hydrogen-bond acceptors (Lipinski definition) is 4. The fourth-order valence-corrected chi connectivity index (χ4v) is 0.983. The SMILES string of the molecule is CCc1cc(NCCCO)ncn1. The maximum Gasteiger partial charge on any atom is 0.129 e. The molecule has 1 rings (SSSR count). The maximum atomic E-state index is 8.57. The molecule has 0 spiro atoms. The summed E-state index contributed by atoms with van der Waals surface area (Å²) in [6, 6.07) is 1.93. The lowest BCUT2D eigenvalue weighted by molar-refractivity contribution is 0.292. The number of nitrogens with one attached hydrogen (secondary N) is 1. The van der Waals surface area contributed by atoms with Crippen molar-refractivity contribution in [1.82, 2.24) is 9.97 Å². The highest BCUT2D eigenvalue weighted by molar-refractivity contribution is 5.34. The van der Waals surface area contributed by atoms with Crippen LogP contribution in [0.1, 0.15) is 19.0 Å². The molecule has 4 nitrogen and oxygen atoms in total. The van der Waals surface area contributed by atoms with Gasteiger partial charge in [-0.15, -0.1) is 0 Å². The van der Waals surface area contributed by atoms with Gasteiger partial charge in [0.2, 0.25) is 0 Å². The van der Waals surface area contributed by atoms with Crippen molar-refractivity contribution in [2.45, 2.75) is 19.8 Å². The molecule has 0 fully saturated rings. The average Bonchev–Trinajstić information content (AvgIpc) is 2.19. The summed E-state index contributed by atoms with van der Waals surface area (Å²) in [5.74, 6) is 0.834. The number of rotatable bonds is 5. The van der Waals surface area contributed by atoms with Crippen LogP contribution in [-0.4, -0.2) is 28.2 Å². The molecule has 0 aliphatic carbocycles. The average molecular weight is 181 g/mol. The van der Waals surface area contributed by atoms with Gasteiger partial charge in [0.15, 0.2) is 0 Å². The first-order chi connectivity index (χ1) is 6.36. The highest BCUT2D eigenvalue weighted by Gasteiger charge is 1.95. The highest BCUT2D eigenvalue weighted by Crippen LogP contribution is 2.03. The summed E-state index contributed by atoms with van der Waals surface area (Å²) >= 11 is 0. The van der Waals surface area contributed by atoms with Crippen molar-refractivity contribution in [2.24, 2.45) is 0 Å². The van der Waals surface area contributed by atoms with Crippen LogP contribution in [0.2, 0.25) is 0 Å². The van der Waals surface area contributed by atoms with Gasteiger partial charge in [-0.1, -0.05) is 6.92 Å². The van der Waals surface area contributed by atoms with E-state index in [4.69, 9.17) is 5.11 Å². The number of aliphatic hydroxyl groups excluding tert-OH is 1. The number of aliphatic hydroxyl groups is 1. The van der Waals surface area contributed by atoms with Crippen LogP contribution in [0.4, 0.5) is 5.82 Å². The van der Waals surface area contributed by atoms with Gasteiger partial charge >= 0.3 is 0 Å². The molecule has 1 aromatic heterocycles. The van der Waals surface area contributed by atoms with Crippen molar-refractivity contribution in [1.29, 1.82) is 0 Å². The zero-order valence-corrected chi connectivity index (χ0v) is 7.82. The maximum absolute atomic E-state index is 8.57. The molecule has 13 heavy (non-hydrogen) atoms. The molecule has 0 aliphatic rings. The van der Waals surface area contributed by atoms with Crippen molar-refractivity contribution in [2.75, 3.05) is 18.5 Å². The molecule has 72 valence electrons. The van der Waals surface area contributed by atoms with Gasteiger partial charge in [-0.25, -0.2) is 9.97 Å². The summed E-state index contributed by atoms with van der Waals surface area (Å²) in [5.41, 5.74) is 1.03. The van der Waals surface area contributed by atoms with Gasteiger partial charge < -0.3 is 10.4 Å². The van der Waals surface area contributed by atoms with Crippen LogP contribution in [0.5, 0.6) is 0 Å². The van der Waals surface area contributed by atoms with Crippen LogP contribution < -0.4 is 5.32 Å². The standard InChI is InChI=1S/C9H15N3O/c1-2-8-6-9(12-7-11-8)10-4-3-5-13/h6-7,13H,2-5H2,1H3,(H,10,11,12). The third-order valence-electron chi connectivity index (χ3n) is 1.73. The van der Waals surface area contributed by atoms with Crippen LogP contribution in [0.15, 0.2) is 12.4 Å². The Labute approximate surface area is 78.0 Å². The molecule has 0 radical (unpaired) electrons. The first-order valence-corrected chi connectivity index (χ1v) is 4.52. The van der Waals surface area contributed by atoms with Gasteiger partial charge in [-0.3, -0.25) is 0 Å². The third-order valence-corrected chi connectivity index (χ3v) is 1.73. The fourth-order valence-electron chi connectivity index (χ4n) is 0.983. The Hall–Kier alpha value is -1.16. The zero-order chi connectivity index (χ0) is 9.52. The molecule has 0 saturated carbocycles. The van der Waals surface area contributed by atoms with E-state index >= 15 is 0 Å². The first kappa shape index (κ1) is 9.92. The topological polar surface area (TPSA) is 58.0 Å². The predicted molar refractivity (Wildman–Crippen MR) is 51.6 cm³/mol. The molecule has 0 saturated heterocycles. The molecule has 2 N–H and O–H groups in total. The Bertz CT molecular complexity index is 252. The number of aromatic nitrogens is 2. The second kappa shape index (κ2) is 5.48. The predicted octanol–water partition coefficient (Wildman–Crippen LogP) is 0.833. The normalized spacial score (nSPS) is 10.0. The Morgan fingerprint density at radius 1 is 1.46 bits per heavy atom. The van der Waals surface area contributed by atoms with Crippen LogP contribution in [0.25, 0.3) is 0 Å². The molecule has 0 unspecified atom stereocenters. The Morgan fingerprint density at radius 3 is 3.00 bits per heavy atom. The quantitative estimate of drug-likeness (QED) is 0.661. The van der Waals surface area contributed by atoms with E-state index in [2.05, 4.69) is 22.2 Å². The summed E-state index contributed by atoms with van der Waals surface area (Å²) in [6.07, 6.45) is 3.21. The van der Waals surface area contributed by atoms with Crippen LogP contribution in [0, 0.1) is 0 Å². The van der Waals surface area contributed by atoms with E-state index in [1.807, 2.05) is 6.07 Å². The zero-order valence-electron chi connectivity index (χ0n) is 7.82. The van der Waals surface area contributed by atoms with Crippen molar-refractivity contribution in [3.63, 3.8) is 0 Å². The fraction of sp³-hybridized carbons (Fsp3) is 0.556. The summed E-state index contributed by atoms with van der Waals surface area (Å²) in [5, 5.41) is 11.7. The van der Waals surface area contributed by atoms with Crippen LogP contribution in [0.3, 0.4) is 0 Å². The van der Waals surface area contributed by atoms with Gasteiger partial charge in [0.1, 0.15) is 12.1 Å². The minimum atomic E-state index is 0.207. The van der Waals surface area contributed by atoms with Gasteiger partial charge in [0, 0.05) is 24.9 Å². The Morgan fingerprint density at radius 2 is 2.31 bits per heavy atom. The monoisotopic (exact) mass is 181 g/mol. The molecule has 0 amide bonds. The molecule has 0 atom stereocenters. The molecule has 0 aliphatic heterocycles. The first-order valence-electron chi connectivity index (χ1n) is 4.52. The van der Waals surface area contributed by atoms with E-state index in [0.717, 1.165) is 30.9 Å². The Balaban J connectivity index is 2.46.